The van der Waals surface area contributed by atoms with Gasteiger partial charge >= 0.3 is 12.0 Å². The van der Waals surface area contributed by atoms with Crippen LogP contribution in [-0.4, -0.2) is 22.8 Å². The summed E-state index contributed by atoms with van der Waals surface area (Å²) in [5.41, 5.74) is 0. The molecular weight excluding hydrogens is 148 g/mol. The van der Waals surface area contributed by atoms with Crippen LogP contribution < -0.4 is 10.6 Å². The lowest BCUT2D eigenvalue weighted by molar-refractivity contribution is 0.252. The van der Waals surface area contributed by atoms with Crippen LogP contribution in [0.5, 0.6) is 0 Å². The van der Waals surface area contributed by atoms with Crippen LogP contribution in [0, 0.1) is 0 Å². The van der Waals surface area contributed by atoms with E-state index in [1.807, 2.05) is 6.92 Å². The predicted octanol–water partition coefficient (Wildman–Crippen LogP) is 0.211. The first-order valence-corrected chi connectivity index (χ1v) is 3.14. The fourth-order valence-electron chi connectivity index (χ4n) is 0.529. The standard InChI is InChI=1S/C5H8N4O2/c1-2-6-4(10)8-5-9-7-3-11-5/h3H,2H2,1H3,(H2,6,8,9,10). The van der Waals surface area contributed by atoms with Crippen molar-refractivity contribution in [3.63, 3.8) is 0 Å². The second kappa shape index (κ2) is 3.55. The molecule has 1 aromatic rings. The first kappa shape index (κ1) is 7.52. The number of amides is 2. The Hall–Kier alpha value is -1.59. The Bertz CT molecular complexity index is 220. The summed E-state index contributed by atoms with van der Waals surface area (Å²) in [7, 11) is 0. The van der Waals surface area contributed by atoms with Crippen LogP contribution in [-0.2, 0) is 0 Å². The number of carbonyl (C=O) groups is 1. The maximum atomic E-state index is 10.8. The van der Waals surface area contributed by atoms with Gasteiger partial charge in [-0.25, -0.2) is 4.79 Å². The molecular formula is C5H8N4O2. The third-order valence-electron chi connectivity index (χ3n) is 0.918. The van der Waals surface area contributed by atoms with E-state index < -0.39 is 0 Å². The first-order chi connectivity index (χ1) is 5.33. The van der Waals surface area contributed by atoms with Crippen molar-refractivity contribution in [1.82, 2.24) is 15.5 Å². The van der Waals surface area contributed by atoms with Crippen LogP contribution >= 0.6 is 0 Å². The smallest absolute Gasteiger partial charge is 0.323 e. The van der Waals surface area contributed by atoms with Gasteiger partial charge in [0.25, 0.3) is 0 Å². The van der Waals surface area contributed by atoms with Crippen LogP contribution in [0.25, 0.3) is 0 Å². The summed E-state index contributed by atoms with van der Waals surface area (Å²) in [4.78, 5) is 10.8. The van der Waals surface area contributed by atoms with Gasteiger partial charge in [-0.3, -0.25) is 5.32 Å². The normalized spacial score (nSPS) is 9.18. The Labute approximate surface area is 63.0 Å². The Balaban J connectivity index is 2.37. The van der Waals surface area contributed by atoms with Crippen molar-refractivity contribution in [1.29, 1.82) is 0 Å². The lowest BCUT2D eigenvalue weighted by atomic mass is 10.7. The summed E-state index contributed by atoms with van der Waals surface area (Å²) in [6.07, 6.45) is 1.14. The van der Waals surface area contributed by atoms with Gasteiger partial charge in [0.05, 0.1) is 0 Å². The fraction of sp³-hybridized carbons (Fsp3) is 0.400. The quantitative estimate of drug-likeness (QED) is 0.641. The SMILES string of the molecule is CCNC(=O)Nc1nnco1. The number of nitrogens with zero attached hydrogens (tertiary/aromatic N) is 2. The van der Waals surface area contributed by atoms with Crippen LogP contribution in [0.3, 0.4) is 0 Å². The second-order valence-corrected chi connectivity index (χ2v) is 1.73. The van der Waals surface area contributed by atoms with Gasteiger partial charge in [-0.2, -0.15) is 0 Å². The highest BCUT2D eigenvalue weighted by Gasteiger charge is 2.02. The molecule has 0 saturated heterocycles. The van der Waals surface area contributed by atoms with Crippen molar-refractivity contribution in [2.75, 3.05) is 11.9 Å². The van der Waals surface area contributed by atoms with Crippen molar-refractivity contribution in [3.05, 3.63) is 6.39 Å². The molecule has 0 aliphatic carbocycles. The van der Waals surface area contributed by atoms with Gasteiger partial charge in [0.2, 0.25) is 6.39 Å². The maximum Gasteiger partial charge on any atom is 0.323 e. The van der Waals surface area contributed by atoms with E-state index in [1.165, 1.54) is 0 Å². The number of hydrogen-bond acceptors (Lipinski definition) is 4. The fourth-order valence-corrected chi connectivity index (χ4v) is 0.529. The lowest BCUT2D eigenvalue weighted by Gasteiger charge is -1.98. The average molecular weight is 156 g/mol. The number of urea groups is 1. The van der Waals surface area contributed by atoms with E-state index in [1.54, 1.807) is 0 Å². The van der Waals surface area contributed by atoms with E-state index in [0.717, 1.165) is 6.39 Å². The highest BCUT2D eigenvalue weighted by atomic mass is 16.4. The van der Waals surface area contributed by atoms with Crippen molar-refractivity contribution < 1.29 is 9.21 Å². The lowest BCUT2D eigenvalue weighted by Crippen LogP contribution is -2.28. The van der Waals surface area contributed by atoms with E-state index in [9.17, 15) is 4.79 Å². The molecule has 0 bridgehead atoms. The van der Waals surface area contributed by atoms with Gasteiger partial charge in [-0.1, -0.05) is 5.10 Å². The Morgan fingerprint density at radius 3 is 3.18 bits per heavy atom. The second-order valence-electron chi connectivity index (χ2n) is 1.73. The van der Waals surface area contributed by atoms with Gasteiger partial charge in [-0.05, 0) is 6.92 Å². The Morgan fingerprint density at radius 2 is 2.64 bits per heavy atom. The zero-order valence-corrected chi connectivity index (χ0v) is 6.00. The molecule has 6 heteroatoms. The molecule has 0 spiro atoms. The van der Waals surface area contributed by atoms with Gasteiger partial charge in [-0.15, -0.1) is 5.10 Å². The van der Waals surface area contributed by atoms with Gasteiger partial charge in [0.1, 0.15) is 0 Å². The van der Waals surface area contributed by atoms with E-state index in [4.69, 9.17) is 0 Å². The molecule has 0 aromatic carbocycles. The summed E-state index contributed by atoms with van der Waals surface area (Å²) < 4.78 is 4.66. The van der Waals surface area contributed by atoms with Crippen LogP contribution in [0.2, 0.25) is 0 Å². The first-order valence-electron chi connectivity index (χ1n) is 3.14. The van der Waals surface area contributed by atoms with Gasteiger partial charge in [0, 0.05) is 6.54 Å². The number of nitrogens with one attached hydrogen (secondary N) is 2. The van der Waals surface area contributed by atoms with Crippen molar-refractivity contribution in [2.45, 2.75) is 6.92 Å². The van der Waals surface area contributed by atoms with Crippen molar-refractivity contribution >= 4 is 12.0 Å². The monoisotopic (exact) mass is 156 g/mol. The maximum absolute atomic E-state index is 10.8. The number of hydrogen-bond donors (Lipinski definition) is 2. The minimum absolute atomic E-state index is 0.0935. The topological polar surface area (TPSA) is 80.0 Å². The highest BCUT2D eigenvalue weighted by molar-refractivity contribution is 5.86. The summed E-state index contributed by atoms with van der Waals surface area (Å²) in [5.74, 6) is 0. The van der Waals surface area contributed by atoms with Gasteiger partial charge < -0.3 is 9.73 Å². The molecule has 2 amide bonds. The molecule has 11 heavy (non-hydrogen) atoms. The van der Waals surface area contributed by atoms with E-state index in [-0.39, 0.29) is 12.0 Å². The molecule has 1 rings (SSSR count). The number of rotatable bonds is 2. The molecule has 2 N–H and O–H groups in total. The molecule has 6 nitrogen and oxygen atoms in total. The van der Waals surface area contributed by atoms with E-state index in [0.29, 0.717) is 6.54 Å². The van der Waals surface area contributed by atoms with E-state index in [2.05, 4.69) is 25.2 Å². The van der Waals surface area contributed by atoms with Crippen LogP contribution in [0.1, 0.15) is 6.92 Å². The summed E-state index contributed by atoms with van der Waals surface area (Å²) in [6, 6.07) is -0.257. The molecule has 0 fully saturated rings. The van der Waals surface area contributed by atoms with Crippen LogP contribution in [0.15, 0.2) is 10.8 Å². The molecule has 0 atom stereocenters. The largest absolute Gasteiger partial charge is 0.411 e. The summed E-state index contributed by atoms with van der Waals surface area (Å²) in [5, 5.41) is 11.7. The Kier molecular flexibility index (Phi) is 2.42. The molecule has 0 unspecified atom stereocenters. The molecule has 1 heterocycles. The van der Waals surface area contributed by atoms with Crippen LogP contribution in [0.4, 0.5) is 10.8 Å². The Morgan fingerprint density at radius 1 is 1.82 bits per heavy atom. The number of anilines is 1. The van der Waals surface area contributed by atoms with E-state index >= 15 is 0 Å². The van der Waals surface area contributed by atoms with Gasteiger partial charge in [0.15, 0.2) is 0 Å². The third kappa shape index (κ3) is 2.24. The average Bonchev–Trinajstić information content (AvgIpc) is 2.40. The zero-order chi connectivity index (χ0) is 8.10. The molecule has 1 aromatic heterocycles. The number of aromatic nitrogens is 2. The summed E-state index contributed by atoms with van der Waals surface area (Å²) >= 11 is 0. The van der Waals surface area contributed by atoms with Crippen molar-refractivity contribution in [2.24, 2.45) is 0 Å². The van der Waals surface area contributed by atoms with Crippen molar-refractivity contribution in [3.8, 4) is 0 Å². The molecule has 60 valence electrons. The molecule has 0 saturated carbocycles. The third-order valence-corrected chi connectivity index (χ3v) is 0.918. The zero-order valence-electron chi connectivity index (χ0n) is 6.00. The predicted molar refractivity (Wildman–Crippen MR) is 37.0 cm³/mol. The molecule has 0 aliphatic rings. The minimum atomic E-state index is -0.350. The highest BCUT2D eigenvalue weighted by Crippen LogP contribution is 1.96. The summed E-state index contributed by atoms with van der Waals surface area (Å²) in [6.45, 7) is 2.37. The number of carbonyl (C=O) groups excluding carboxylic acids is 1. The molecule has 0 radical (unpaired) electrons. The molecule has 0 aliphatic heterocycles. The minimum Gasteiger partial charge on any atom is -0.411 e.